The number of nitrogens with zero attached hydrogens (tertiary/aromatic N) is 4. The Morgan fingerprint density at radius 3 is 2.59 bits per heavy atom. The summed E-state index contributed by atoms with van der Waals surface area (Å²) in [5.41, 5.74) is 4.35. The molecule has 2 heterocycles. The number of hydrogen-bond donors (Lipinski definition) is 4. The number of hydrogen-bond acceptors (Lipinski definition) is 10. The molecule has 0 saturated heterocycles. The molecule has 1 aliphatic heterocycles. The van der Waals surface area contributed by atoms with Crippen molar-refractivity contribution in [1.29, 1.82) is 5.26 Å². The van der Waals surface area contributed by atoms with E-state index in [9.17, 15) is 15.5 Å². The number of fused-ring (bicyclic) bond motifs is 1. The molecule has 0 bridgehead atoms. The van der Waals surface area contributed by atoms with Gasteiger partial charge in [-0.2, -0.15) is 10.2 Å². The minimum Gasteiger partial charge on any atom is -0.490 e. The van der Waals surface area contributed by atoms with Crippen molar-refractivity contribution in [3.05, 3.63) is 53.1 Å². The Hall–Kier alpha value is -3.33. The minimum absolute atomic E-state index is 0.0409. The first kappa shape index (κ1) is 26.7. The molecule has 4 rings (SSSR count). The van der Waals surface area contributed by atoms with Crippen molar-refractivity contribution in [3.63, 3.8) is 0 Å². The second-order valence-electron chi connectivity index (χ2n) is 9.46. The van der Waals surface area contributed by atoms with E-state index in [-0.39, 0.29) is 19.3 Å². The second kappa shape index (κ2) is 12.3. The number of benzene rings is 2. The number of nitrogens with one attached hydrogen (secondary N) is 1. The molecule has 4 N–H and O–H groups in total. The van der Waals surface area contributed by atoms with Crippen molar-refractivity contribution in [1.82, 2.24) is 20.4 Å². The maximum absolute atomic E-state index is 10.2. The molecule has 2 unspecified atom stereocenters. The number of aliphatic hydroxyl groups is 3. The van der Waals surface area contributed by atoms with Crippen LogP contribution in [0, 0.1) is 11.3 Å². The fourth-order valence-corrected chi connectivity index (χ4v) is 4.30. The smallest absolute Gasteiger partial charge is 0.258 e. The highest BCUT2D eigenvalue weighted by Gasteiger charge is 2.19. The van der Waals surface area contributed by atoms with Crippen molar-refractivity contribution >= 4 is 0 Å². The van der Waals surface area contributed by atoms with Crippen molar-refractivity contribution in [3.8, 4) is 34.7 Å². The van der Waals surface area contributed by atoms with E-state index in [0.29, 0.717) is 35.1 Å². The third-order valence-electron chi connectivity index (χ3n) is 6.23. The average molecular weight is 508 g/mol. The highest BCUT2D eigenvalue weighted by molar-refractivity contribution is 5.64. The molecule has 10 heteroatoms. The molecule has 196 valence electrons. The van der Waals surface area contributed by atoms with Crippen molar-refractivity contribution < 1.29 is 24.6 Å². The normalized spacial score (nSPS) is 15.6. The zero-order chi connectivity index (χ0) is 26.4. The average Bonchev–Trinajstić information content (AvgIpc) is 3.30. The first-order valence-electron chi connectivity index (χ1n) is 12.5. The van der Waals surface area contributed by atoms with Crippen LogP contribution in [0.25, 0.3) is 22.8 Å². The van der Waals surface area contributed by atoms with Crippen LogP contribution in [0.1, 0.15) is 30.5 Å². The Kier molecular flexibility index (Phi) is 8.87. The monoisotopic (exact) mass is 507 g/mol. The molecule has 0 fully saturated rings. The van der Waals surface area contributed by atoms with Crippen LogP contribution < -0.4 is 10.1 Å². The van der Waals surface area contributed by atoms with Gasteiger partial charge in [-0.3, -0.25) is 10.2 Å². The number of ether oxygens (including phenoxy) is 1. The summed E-state index contributed by atoms with van der Waals surface area (Å²) in [6, 6.07) is 13.5. The number of rotatable bonds is 10. The molecular formula is C27H33N5O5. The lowest BCUT2D eigenvalue weighted by molar-refractivity contribution is 0.0504. The van der Waals surface area contributed by atoms with Gasteiger partial charge in [0.05, 0.1) is 24.4 Å². The summed E-state index contributed by atoms with van der Waals surface area (Å²) in [7, 11) is 0. The third-order valence-corrected chi connectivity index (χ3v) is 6.23. The molecular weight excluding hydrogens is 474 g/mol. The van der Waals surface area contributed by atoms with E-state index in [0.717, 1.165) is 31.5 Å². The lowest BCUT2D eigenvalue weighted by atomic mass is 10.00. The molecule has 2 atom stereocenters. The zero-order valence-electron chi connectivity index (χ0n) is 21.1. The van der Waals surface area contributed by atoms with E-state index in [1.165, 1.54) is 11.1 Å². The molecule has 0 radical (unpaired) electrons. The maximum atomic E-state index is 10.2. The highest BCUT2D eigenvalue weighted by Crippen LogP contribution is 2.29. The Morgan fingerprint density at radius 1 is 1.11 bits per heavy atom. The zero-order valence-corrected chi connectivity index (χ0v) is 21.1. The maximum Gasteiger partial charge on any atom is 0.258 e. The molecule has 10 nitrogen and oxygen atoms in total. The number of aliphatic hydroxyl groups excluding tert-OH is 3. The lowest BCUT2D eigenvalue weighted by Gasteiger charge is -2.24. The van der Waals surface area contributed by atoms with Crippen molar-refractivity contribution in [2.24, 2.45) is 0 Å². The van der Waals surface area contributed by atoms with Crippen molar-refractivity contribution in [2.75, 3.05) is 32.8 Å². The van der Waals surface area contributed by atoms with Crippen LogP contribution in [0.2, 0.25) is 0 Å². The van der Waals surface area contributed by atoms with Gasteiger partial charge >= 0.3 is 0 Å². The lowest BCUT2D eigenvalue weighted by Crippen LogP contribution is -2.45. The molecule has 0 saturated carbocycles. The number of β-amino-alcohol motifs (C(OH)–C–C–N with tert-alkyl or cyclic N) is 1. The Bertz CT molecular complexity index is 1240. The predicted octanol–water partition coefficient (Wildman–Crippen LogP) is 1.72. The Balaban J connectivity index is 1.43. The van der Waals surface area contributed by atoms with E-state index < -0.39 is 12.3 Å². The van der Waals surface area contributed by atoms with E-state index >= 15 is 0 Å². The van der Waals surface area contributed by atoms with Gasteiger partial charge in [0.1, 0.15) is 18.0 Å². The summed E-state index contributed by atoms with van der Waals surface area (Å²) in [5, 5.41) is 45.1. The van der Waals surface area contributed by atoms with Crippen LogP contribution >= 0.6 is 0 Å². The van der Waals surface area contributed by atoms with Crippen LogP contribution in [-0.2, 0) is 12.8 Å². The van der Waals surface area contributed by atoms with Crippen molar-refractivity contribution in [2.45, 2.75) is 45.1 Å². The summed E-state index contributed by atoms with van der Waals surface area (Å²) in [6.45, 7) is 5.61. The predicted molar refractivity (Wildman–Crippen MR) is 137 cm³/mol. The van der Waals surface area contributed by atoms with Gasteiger partial charge in [0.2, 0.25) is 5.82 Å². The standard InChI is InChI=1S/C27H33N5O5/c1-17(2)36-24-6-5-21(12-22(24)13-28)27-30-26(31-37-27)20-4-3-18-7-9-32(10-8-19(18)11-20)15-25(35)29-14-23(34)16-33/h3-6,11-12,17,23,25,29,33-35H,7-10,14-16H2,1-2H3. The van der Waals surface area contributed by atoms with Gasteiger partial charge in [0.15, 0.2) is 0 Å². The fourth-order valence-electron chi connectivity index (χ4n) is 4.30. The van der Waals surface area contributed by atoms with E-state index in [4.69, 9.17) is 14.4 Å². The van der Waals surface area contributed by atoms with Gasteiger partial charge in [0, 0.05) is 37.3 Å². The minimum atomic E-state index is -0.890. The molecule has 2 aromatic carbocycles. The van der Waals surface area contributed by atoms with Gasteiger partial charge < -0.3 is 24.6 Å². The largest absolute Gasteiger partial charge is 0.490 e. The van der Waals surface area contributed by atoms with Crippen LogP contribution in [-0.4, -0.2) is 81.6 Å². The quantitative estimate of drug-likeness (QED) is 0.299. The Morgan fingerprint density at radius 2 is 1.86 bits per heavy atom. The molecule has 1 aromatic heterocycles. The molecule has 1 aliphatic rings. The third kappa shape index (κ3) is 6.91. The summed E-state index contributed by atoms with van der Waals surface area (Å²) in [4.78, 5) is 6.74. The first-order valence-corrected chi connectivity index (χ1v) is 12.5. The van der Waals surface area contributed by atoms with E-state index in [1.54, 1.807) is 18.2 Å². The summed E-state index contributed by atoms with van der Waals surface area (Å²) in [5.74, 6) is 1.32. The van der Waals surface area contributed by atoms with Crippen LogP contribution in [0.3, 0.4) is 0 Å². The summed E-state index contributed by atoms with van der Waals surface area (Å²) >= 11 is 0. The fraction of sp³-hybridized carbons (Fsp3) is 0.444. The summed E-state index contributed by atoms with van der Waals surface area (Å²) in [6.07, 6.45) is -0.0632. The van der Waals surface area contributed by atoms with E-state index in [1.807, 2.05) is 19.9 Å². The van der Waals surface area contributed by atoms with Crippen LogP contribution in [0.5, 0.6) is 5.75 Å². The molecule has 0 amide bonds. The second-order valence-corrected chi connectivity index (χ2v) is 9.46. The van der Waals surface area contributed by atoms with Gasteiger partial charge in [-0.05, 0) is 62.1 Å². The van der Waals surface area contributed by atoms with Crippen LogP contribution in [0.4, 0.5) is 0 Å². The van der Waals surface area contributed by atoms with Crippen LogP contribution in [0.15, 0.2) is 40.9 Å². The van der Waals surface area contributed by atoms with Gasteiger partial charge in [-0.1, -0.05) is 17.3 Å². The summed E-state index contributed by atoms with van der Waals surface area (Å²) < 4.78 is 11.2. The number of aromatic nitrogens is 2. The van der Waals surface area contributed by atoms with E-state index in [2.05, 4.69) is 38.6 Å². The topological polar surface area (TPSA) is 148 Å². The van der Waals surface area contributed by atoms with Gasteiger partial charge in [-0.15, -0.1) is 0 Å². The Labute approximate surface area is 216 Å². The molecule has 37 heavy (non-hydrogen) atoms. The van der Waals surface area contributed by atoms with Gasteiger partial charge in [-0.25, -0.2) is 0 Å². The molecule has 0 spiro atoms. The molecule has 0 aliphatic carbocycles. The SMILES string of the molecule is CC(C)Oc1ccc(-c2nc(-c3ccc4c(c3)CCN(CC(O)NCC(O)CO)CC4)no2)cc1C#N. The first-order chi connectivity index (χ1) is 17.9. The highest BCUT2D eigenvalue weighted by atomic mass is 16.5. The molecule has 3 aromatic rings. The van der Waals surface area contributed by atoms with Gasteiger partial charge in [0.25, 0.3) is 5.89 Å². The number of nitriles is 1.